The Morgan fingerprint density at radius 2 is 1.95 bits per heavy atom. The first-order valence-corrected chi connectivity index (χ1v) is 8.20. The molecule has 0 saturated carbocycles. The van der Waals surface area contributed by atoms with E-state index in [1.807, 2.05) is 0 Å². The first-order valence-electron chi connectivity index (χ1n) is 7.41. The van der Waals surface area contributed by atoms with Crippen LogP contribution in [0.2, 0.25) is 0 Å². The van der Waals surface area contributed by atoms with Crippen molar-refractivity contribution < 1.29 is 9.66 Å². The van der Waals surface area contributed by atoms with Crippen molar-refractivity contribution in [2.24, 2.45) is 0 Å². The number of rotatable bonds is 4. The Morgan fingerprint density at radius 3 is 2.41 bits per heavy atom. The molecule has 0 aromatic heterocycles. The minimum Gasteiger partial charge on any atom is -0.495 e. The van der Waals surface area contributed by atoms with Gasteiger partial charge in [-0.3, -0.25) is 15.0 Å². The van der Waals surface area contributed by atoms with Crippen molar-refractivity contribution in [1.29, 1.82) is 0 Å². The van der Waals surface area contributed by atoms with E-state index < -0.39 is 0 Å². The Labute approximate surface area is 139 Å². The molecule has 0 bridgehead atoms. The predicted octanol–water partition coefficient (Wildman–Crippen LogP) is 3.28. The van der Waals surface area contributed by atoms with E-state index in [0.717, 1.165) is 19.6 Å². The molecule has 0 N–H and O–H groups in total. The van der Waals surface area contributed by atoms with Crippen LogP contribution in [-0.2, 0) is 0 Å². The summed E-state index contributed by atoms with van der Waals surface area (Å²) in [7, 11) is 1.57. The summed E-state index contributed by atoms with van der Waals surface area (Å²) in [6.45, 7) is 8.99. The number of nitro groups is 1. The zero-order chi connectivity index (χ0) is 16.4. The molecule has 122 valence electrons. The highest BCUT2D eigenvalue weighted by molar-refractivity contribution is 9.10. The summed E-state index contributed by atoms with van der Waals surface area (Å²) in [5.41, 5.74) is 0.733. The molecule has 1 aromatic rings. The molecule has 0 aliphatic carbocycles. The van der Waals surface area contributed by atoms with Crippen LogP contribution < -0.4 is 9.64 Å². The smallest absolute Gasteiger partial charge is 0.293 e. The van der Waals surface area contributed by atoms with Crippen LogP contribution in [-0.4, -0.2) is 48.7 Å². The highest BCUT2D eigenvalue weighted by Crippen LogP contribution is 2.39. The lowest BCUT2D eigenvalue weighted by atomic mass is 10.1. The molecule has 1 heterocycles. The summed E-state index contributed by atoms with van der Waals surface area (Å²) in [5.74, 6) is 0.610. The third-order valence-corrected chi connectivity index (χ3v) is 4.87. The number of ether oxygens (including phenoxy) is 1. The van der Waals surface area contributed by atoms with E-state index in [1.54, 1.807) is 13.2 Å². The Bertz CT molecular complexity index is 555. The maximum Gasteiger partial charge on any atom is 0.293 e. The van der Waals surface area contributed by atoms with Crippen LogP contribution in [0.1, 0.15) is 20.8 Å². The van der Waals surface area contributed by atoms with Gasteiger partial charge in [-0.25, -0.2) is 0 Å². The quantitative estimate of drug-likeness (QED) is 0.600. The van der Waals surface area contributed by atoms with E-state index >= 15 is 0 Å². The van der Waals surface area contributed by atoms with Crippen LogP contribution in [0.15, 0.2) is 16.6 Å². The molecular formula is C15H22BrN3O3. The van der Waals surface area contributed by atoms with Crippen LogP contribution in [0.25, 0.3) is 0 Å². The minimum atomic E-state index is -0.332. The largest absolute Gasteiger partial charge is 0.495 e. The van der Waals surface area contributed by atoms with Gasteiger partial charge in [0.2, 0.25) is 0 Å². The zero-order valence-corrected chi connectivity index (χ0v) is 15.0. The minimum absolute atomic E-state index is 0.108. The molecule has 1 aliphatic heterocycles. The first kappa shape index (κ1) is 17.0. The number of hydrogen-bond acceptors (Lipinski definition) is 5. The fraction of sp³-hybridized carbons (Fsp3) is 0.600. The number of piperazine rings is 1. The van der Waals surface area contributed by atoms with Gasteiger partial charge in [0.1, 0.15) is 11.4 Å². The SMILES string of the molecule is CCN1[C@H](C)CN(c2cc(OC)c(Br)cc2[N+](=O)[O-])C[C@@H]1C. The number of halogens is 1. The van der Waals surface area contributed by atoms with E-state index in [0.29, 0.717) is 28.0 Å². The number of hydrogen-bond donors (Lipinski definition) is 0. The van der Waals surface area contributed by atoms with Crippen molar-refractivity contribution in [3.63, 3.8) is 0 Å². The molecule has 6 nitrogen and oxygen atoms in total. The molecule has 1 fully saturated rings. The normalized spacial score (nSPS) is 22.7. The van der Waals surface area contributed by atoms with Gasteiger partial charge >= 0.3 is 0 Å². The highest BCUT2D eigenvalue weighted by Gasteiger charge is 2.32. The fourth-order valence-corrected chi connectivity index (χ4v) is 3.76. The maximum atomic E-state index is 11.4. The number of nitro benzene ring substituents is 1. The van der Waals surface area contributed by atoms with Crippen LogP contribution in [0.5, 0.6) is 5.75 Å². The molecule has 2 rings (SSSR count). The molecule has 2 atom stereocenters. The maximum absolute atomic E-state index is 11.4. The Balaban J connectivity index is 2.41. The average molecular weight is 372 g/mol. The summed E-state index contributed by atoms with van der Waals surface area (Å²) < 4.78 is 5.90. The molecule has 0 radical (unpaired) electrons. The van der Waals surface area contributed by atoms with E-state index in [4.69, 9.17) is 4.74 Å². The lowest BCUT2D eigenvalue weighted by Gasteiger charge is -2.44. The third kappa shape index (κ3) is 3.20. The van der Waals surface area contributed by atoms with Crippen molar-refractivity contribution in [2.45, 2.75) is 32.9 Å². The van der Waals surface area contributed by atoms with Crippen LogP contribution in [0, 0.1) is 10.1 Å². The first-order chi connectivity index (χ1) is 10.4. The Hall–Kier alpha value is -1.34. The predicted molar refractivity (Wildman–Crippen MR) is 90.9 cm³/mol. The fourth-order valence-electron chi connectivity index (χ4n) is 3.26. The van der Waals surface area contributed by atoms with Crippen molar-refractivity contribution in [2.75, 3.05) is 31.6 Å². The van der Waals surface area contributed by atoms with Gasteiger partial charge in [0.05, 0.1) is 16.5 Å². The van der Waals surface area contributed by atoms with Gasteiger partial charge < -0.3 is 9.64 Å². The summed E-state index contributed by atoms with van der Waals surface area (Å²) >= 11 is 3.32. The van der Waals surface area contributed by atoms with Gasteiger partial charge in [0.25, 0.3) is 5.69 Å². The third-order valence-electron chi connectivity index (χ3n) is 4.25. The summed E-state index contributed by atoms with van der Waals surface area (Å²) in [6.07, 6.45) is 0. The molecule has 22 heavy (non-hydrogen) atoms. The second kappa shape index (κ2) is 6.83. The van der Waals surface area contributed by atoms with Crippen molar-refractivity contribution in [3.8, 4) is 5.75 Å². The highest BCUT2D eigenvalue weighted by atomic mass is 79.9. The standard InChI is InChI=1S/C15H22BrN3O3/c1-5-18-10(2)8-17(9-11(18)3)13-7-15(22-4)12(16)6-14(13)19(20)21/h6-7,10-11H,5,8-9H2,1-4H3/t10-,11+. The number of benzene rings is 1. The molecule has 0 unspecified atom stereocenters. The number of nitrogens with zero attached hydrogens (tertiary/aromatic N) is 3. The second-order valence-electron chi connectivity index (χ2n) is 5.67. The van der Waals surface area contributed by atoms with Crippen LogP contribution in [0.3, 0.4) is 0 Å². The summed E-state index contributed by atoms with van der Waals surface area (Å²) in [6, 6.07) is 3.98. The van der Waals surface area contributed by atoms with E-state index in [2.05, 4.69) is 46.5 Å². The topological polar surface area (TPSA) is 58.8 Å². The molecular weight excluding hydrogens is 350 g/mol. The number of methoxy groups -OCH3 is 1. The van der Waals surface area contributed by atoms with Crippen LogP contribution >= 0.6 is 15.9 Å². The van der Waals surface area contributed by atoms with E-state index in [9.17, 15) is 10.1 Å². The summed E-state index contributed by atoms with van der Waals surface area (Å²) in [4.78, 5) is 15.6. The Kier molecular flexibility index (Phi) is 5.28. The van der Waals surface area contributed by atoms with Gasteiger partial charge in [-0.15, -0.1) is 0 Å². The van der Waals surface area contributed by atoms with Gasteiger partial charge in [0.15, 0.2) is 0 Å². The lowest BCUT2D eigenvalue weighted by Crippen LogP contribution is -2.56. The Morgan fingerprint density at radius 1 is 1.36 bits per heavy atom. The molecule has 1 saturated heterocycles. The van der Waals surface area contributed by atoms with Gasteiger partial charge in [-0.2, -0.15) is 0 Å². The molecule has 1 aromatic carbocycles. The van der Waals surface area contributed by atoms with Crippen molar-refractivity contribution in [3.05, 3.63) is 26.7 Å². The van der Waals surface area contributed by atoms with E-state index in [1.165, 1.54) is 6.07 Å². The monoisotopic (exact) mass is 371 g/mol. The van der Waals surface area contributed by atoms with Crippen molar-refractivity contribution in [1.82, 2.24) is 4.90 Å². The molecule has 7 heteroatoms. The van der Waals surface area contributed by atoms with Crippen molar-refractivity contribution >= 4 is 27.3 Å². The second-order valence-corrected chi connectivity index (χ2v) is 6.52. The van der Waals surface area contributed by atoms with Crippen LogP contribution in [0.4, 0.5) is 11.4 Å². The molecule has 1 aliphatic rings. The molecule has 0 amide bonds. The zero-order valence-electron chi connectivity index (χ0n) is 13.4. The average Bonchev–Trinajstić information content (AvgIpc) is 2.46. The lowest BCUT2D eigenvalue weighted by molar-refractivity contribution is -0.384. The van der Waals surface area contributed by atoms with Gasteiger partial charge in [-0.1, -0.05) is 6.92 Å². The summed E-state index contributed by atoms with van der Waals surface area (Å²) in [5, 5.41) is 11.4. The van der Waals surface area contributed by atoms with Gasteiger partial charge in [-0.05, 0) is 36.3 Å². The number of likely N-dealkylation sites (N-methyl/N-ethyl adjacent to an activating group) is 1. The van der Waals surface area contributed by atoms with E-state index in [-0.39, 0.29) is 10.6 Å². The number of anilines is 1. The molecule has 0 spiro atoms. The van der Waals surface area contributed by atoms with Gasteiger partial charge in [0, 0.05) is 37.3 Å².